The minimum atomic E-state index is -0.0328. The van der Waals surface area contributed by atoms with Crippen molar-refractivity contribution in [1.82, 2.24) is 5.32 Å². The van der Waals surface area contributed by atoms with Crippen LogP contribution in [0.5, 0.6) is 0 Å². The van der Waals surface area contributed by atoms with Crippen molar-refractivity contribution in [3.05, 3.63) is 29.8 Å². The van der Waals surface area contributed by atoms with Crippen LogP contribution in [0.2, 0.25) is 0 Å². The minimum Gasteiger partial charge on any atom is -0.385 e. The van der Waals surface area contributed by atoms with E-state index in [1.54, 1.807) is 0 Å². The van der Waals surface area contributed by atoms with Crippen LogP contribution in [0.1, 0.15) is 30.6 Å². The third-order valence-corrected chi connectivity index (χ3v) is 2.48. The van der Waals surface area contributed by atoms with Gasteiger partial charge in [-0.2, -0.15) is 0 Å². The number of ether oxygens (including phenoxy) is 1. The predicted octanol–water partition coefficient (Wildman–Crippen LogP) is 2.27. The smallest absolute Gasteiger partial charge is 0.251 e. The van der Waals surface area contributed by atoms with Gasteiger partial charge < -0.3 is 15.4 Å². The second-order valence-electron chi connectivity index (χ2n) is 3.91. The highest BCUT2D eigenvalue weighted by atomic mass is 16.5. The molecule has 0 radical (unpaired) electrons. The van der Waals surface area contributed by atoms with Gasteiger partial charge in [0.1, 0.15) is 0 Å². The highest BCUT2D eigenvalue weighted by Gasteiger charge is 2.03. The first-order valence-electron chi connectivity index (χ1n) is 6.47. The molecular weight excluding hydrogens is 228 g/mol. The number of carbonyl (C=O) groups is 1. The Morgan fingerprint density at radius 2 is 1.94 bits per heavy atom. The minimum absolute atomic E-state index is 0.0328. The molecule has 0 aliphatic heterocycles. The largest absolute Gasteiger partial charge is 0.385 e. The average Bonchev–Trinajstić information content (AvgIpc) is 2.39. The molecule has 0 spiro atoms. The lowest BCUT2D eigenvalue weighted by Crippen LogP contribution is -2.25. The zero-order chi connectivity index (χ0) is 13.2. The fraction of sp³-hybridized carbons (Fsp3) is 0.500. The van der Waals surface area contributed by atoms with Crippen LogP contribution < -0.4 is 10.6 Å². The van der Waals surface area contributed by atoms with Crippen molar-refractivity contribution in [2.24, 2.45) is 0 Å². The number of amides is 1. The van der Waals surface area contributed by atoms with Gasteiger partial charge in [-0.05, 0) is 44.5 Å². The summed E-state index contributed by atoms with van der Waals surface area (Å²) in [6.07, 6.45) is 0.842. The van der Waals surface area contributed by atoms with Gasteiger partial charge in [-0.1, -0.05) is 0 Å². The van der Waals surface area contributed by atoms with Crippen LogP contribution in [0.15, 0.2) is 24.3 Å². The Morgan fingerprint density at radius 1 is 1.22 bits per heavy atom. The Bertz CT molecular complexity index is 349. The summed E-state index contributed by atoms with van der Waals surface area (Å²) in [5, 5.41) is 6.06. The van der Waals surface area contributed by atoms with Gasteiger partial charge in [-0.25, -0.2) is 0 Å². The molecule has 0 heterocycles. The lowest BCUT2D eigenvalue weighted by Gasteiger charge is -2.07. The monoisotopic (exact) mass is 250 g/mol. The summed E-state index contributed by atoms with van der Waals surface area (Å²) < 4.78 is 5.20. The number of benzene rings is 1. The number of carbonyl (C=O) groups excluding carboxylic acids is 1. The van der Waals surface area contributed by atoms with Crippen molar-refractivity contribution < 1.29 is 9.53 Å². The standard InChI is InChI=1S/C14H22N2O2/c1-3-15-13-8-6-12(7-9-13)14(17)16-10-5-11-18-4-2/h6-9,15H,3-5,10-11H2,1-2H3,(H,16,17). The predicted molar refractivity (Wildman–Crippen MR) is 74.0 cm³/mol. The second kappa shape index (κ2) is 8.53. The van der Waals surface area contributed by atoms with Crippen molar-refractivity contribution in [3.63, 3.8) is 0 Å². The summed E-state index contributed by atoms with van der Waals surface area (Å²) in [5.41, 5.74) is 1.72. The SMILES string of the molecule is CCNc1ccc(C(=O)NCCCOCC)cc1. The van der Waals surface area contributed by atoms with Crippen molar-refractivity contribution in [3.8, 4) is 0 Å². The highest BCUT2D eigenvalue weighted by molar-refractivity contribution is 5.94. The van der Waals surface area contributed by atoms with Crippen LogP contribution in [-0.2, 0) is 4.74 Å². The maximum absolute atomic E-state index is 11.8. The quantitative estimate of drug-likeness (QED) is 0.696. The van der Waals surface area contributed by atoms with E-state index in [1.165, 1.54) is 0 Å². The van der Waals surface area contributed by atoms with Gasteiger partial charge in [-0.3, -0.25) is 4.79 Å². The third-order valence-electron chi connectivity index (χ3n) is 2.48. The molecular formula is C14H22N2O2. The van der Waals surface area contributed by atoms with Gasteiger partial charge in [-0.15, -0.1) is 0 Å². The van der Waals surface area contributed by atoms with Gasteiger partial charge in [0.25, 0.3) is 5.91 Å². The van der Waals surface area contributed by atoms with Gasteiger partial charge in [0.05, 0.1) is 0 Å². The molecule has 0 fully saturated rings. The molecule has 2 N–H and O–H groups in total. The van der Waals surface area contributed by atoms with Crippen LogP contribution in [0, 0.1) is 0 Å². The molecule has 100 valence electrons. The number of rotatable bonds is 8. The molecule has 0 unspecified atom stereocenters. The van der Waals surface area contributed by atoms with Gasteiger partial charge in [0, 0.05) is 37.6 Å². The molecule has 0 aliphatic rings. The maximum Gasteiger partial charge on any atom is 0.251 e. The van der Waals surface area contributed by atoms with E-state index in [0.717, 1.165) is 25.3 Å². The highest BCUT2D eigenvalue weighted by Crippen LogP contribution is 2.08. The Balaban J connectivity index is 2.32. The first-order chi connectivity index (χ1) is 8.77. The molecule has 0 aliphatic carbocycles. The summed E-state index contributed by atoms with van der Waals surface area (Å²) >= 11 is 0. The van der Waals surface area contributed by atoms with E-state index in [-0.39, 0.29) is 5.91 Å². The summed E-state index contributed by atoms with van der Waals surface area (Å²) in [5.74, 6) is -0.0328. The number of hydrogen-bond donors (Lipinski definition) is 2. The van der Waals surface area contributed by atoms with E-state index in [4.69, 9.17) is 4.74 Å². The Morgan fingerprint density at radius 3 is 2.56 bits per heavy atom. The third kappa shape index (κ3) is 5.19. The zero-order valence-corrected chi connectivity index (χ0v) is 11.2. The molecule has 18 heavy (non-hydrogen) atoms. The second-order valence-corrected chi connectivity index (χ2v) is 3.91. The Kier molecular flexibility index (Phi) is 6.87. The average molecular weight is 250 g/mol. The topological polar surface area (TPSA) is 50.4 Å². The molecule has 0 atom stereocenters. The summed E-state index contributed by atoms with van der Waals surface area (Å²) in [7, 11) is 0. The summed E-state index contributed by atoms with van der Waals surface area (Å²) in [6.45, 7) is 6.94. The lowest BCUT2D eigenvalue weighted by molar-refractivity contribution is 0.0944. The van der Waals surface area contributed by atoms with Crippen LogP contribution >= 0.6 is 0 Å². The van der Waals surface area contributed by atoms with E-state index in [9.17, 15) is 4.79 Å². The molecule has 4 heteroatoms. The van der Waals surface area contributed by atoms with Crippen LogP contribution in [0.3, 0.4) is 0 Å². The van der Waals surface area contributed by atoms with E-state index >= 15 is 0 Å². The normalized spacial score (nSPS) is 10.1. The fourth-order valence-electron chi connectivity index (χ4n) is 1.57. The zero-order valence-electron chi connectivity index (χ0n) is 11.2. The van der Waals surface area contributed by atoms with Crippen LogP contribution in [-0.4, -0.2) is 32.2 Å². The number of hydrogen-bond acceptors (Lipinski definition) is 3. The Hall–Kier alpha value is -1.55. The Labute approximate surface area is 109 Å². The van der Waals surface area contributed by atoms with E-state index in [2.05, 4.69) is 10.6 Å². The molecule has 1 amide bonds. The first kappa shape index (κ1) is 14.5. The molecule has 1 rings (SSSR count). The molecule has 1 aromatic carbocycles. The molecule has 0 saturated carbocycles. The van der Waals surface area contributed by atoms with E-state index < -0.39 is 0 Å². The first-order valence-corrected chi connectivity index (χ1v) is 6.47. The molecule has 0 aromatic heterocycles. The molecule has 4 nitrogen and oxygen atoms in total. The van der Waals surface area contributed by atoms with Crippen molar-refractivity contribution in [2.45, 2.75) is 20.3 Å². The lowest BCUT2D eigenvalue weighted by atomic mass is 10.2. The van der Waals surface area contributed by atoms with Gasteiger partial charge >= 0.3 is 0 Å². The van der Waals surface area contributed by atoms with Crippen LogP contribution in [0.4, 0.5) is 5.69 Å². The molecule has 0 bridgehead atoms. The van der Waals surface area contributed by atoms with Crippen molar-refractivity contribution in [2.75, 3.05) is 31.6 Å². The number of nitrogens with one attached hydrogen (secondary N) is 2. The van der Waals surface area contributed by atoms with Gasteiger partial charge in [0.2, 0.25) is 0 Å². The maximum atomic E-state index is 11.8. The summed E-state index contributed by atoms with van der Waals surface area (Å²) in [6, 6.07) is 7.49. The van der Waals surface area contributed by atoms with E-state index in [1.807, 2.05) is 38.1 Å². The summed E-state index contributed by atoms with van der Waals surface area (Å²) in [4.78, 5) is 11.8. The van der Waals surface area contributed by atoms with Crippen molar-refractivity contribution >= 4 is 11.6 Å². The molecule has 0 saturated heterocycles. The molecule has 1 aromatic rings. The van der Waals surface area contributed by atoms with E-state index in [0.29, 0.717) is 18.7 Å². The van der Waals surface area contributed by atoms with Gasteiger partial charge in [0.15, 0.2) is 0 Å². The van der Waals surface area contributed by atoms with Crippen molar-refractivity contribution in [1.29, 1.82) is 0 Å². The number of anilines is 1. The fourth-order valence-corrected chi connectivity index (χ4v) is 1.57. The van der Waals surface area contributed by atoms with Crippen LogP contribution in [0.25, 0.3) is 0 Å².